The summed E-state index contributed by atoms with van der Waals surface area (Å²) in [5, 5.41) is 10.1. The van der Waals surface area contributed by atoms with Crippen molar-refractivity contribution in [3.05, 3.63) is 35.5 Å². The van der Waals surface area contributed by atoms with Crippen LogP contribution in [0.25, 0.3) is 5.76 Å². The van der Waals surface area contributed by atoms with E-state index in [9.17, 15) is 18.3 Å². The second-order valence-electron chi connectivity index (χ2n) is 3.89. The number of sulfonamides is 1. The first kappa shape index (κ1) is 13.4. The first-order valence-corrected chi connectivity index (χ1v) is 7.04. The van der Waals surface area contributed by atoms with E-state index in [1.165, 1.54) is 19.2 Å². The van der Waals surface area contributed by atoms with Crippen molar-refractivity contribution in [3.63, 3.8) is 0 Å². The van der Waals surface area contributed by atoms with E-state index in [1.807, 2.05) is 0 Å². The summed E-state index contributed by atoms with van der Waals surface area (Å²) < 4.78 is 30.0. The van der Waals surface area contributed by atoms with Crippen molar-refractivity contribution in [1.82, 2.24) is 4.31 Å². The fourth-order valence-electron chi connectivity index (χ4n) is 1.86. The Morgan fingerprint density at radius 3 is 2.63 bits per heavy atom. The molecule has 0 saturated carbocycles. The summed E-state index contributed by atoms with van der Waals surface area (Å²) in [6.07, 6.45) is 0. The minimum Gasteiger partial charge on any atom is -0.505 e. The number of rotatable bonds is 2. The Bertz CT molecular complexity index is 662. The third kappa shape index (κ3) is 1.95. The van der Waals surface area contributed by atoms with Crippen LogP contribution in [0.15, 0.2) is 34.9 Å². The molecule has 1 aliphatic heterocycles. The summed E-state index contributed by atoms with van der Waals surface area (Å²) in [5.41, 5.74) is -0.274. The van der Waals surface area contributed by atoms with E-state index in [0.717, 1.165) is 4.31 Å². The van der Waals surface area contributed by atoms with E-state index in [1.54, 1.807) is 19.1 Å². The van der Waals surface area contributed by atoms with Gasteiger partial charge in [0.2, 0.25) is 0 Å². The zero-order valence-corrected chi connectivity index (χ0v) is 11.3. The molecule has 0 aromatic heterocycles. The van der Waals surface area contributed by atoms with Gasteiger partial charge in [-0.3, -0.25) is 4.31 Å². The third-order valence-electron chi connectivity index (χ3n) is 2.79. The highest BCUT2D eigenvalue weighted by Gasteiger charge is 2.38. The van der Waals surface area contributed by atoms with E-state index in [-0.39, 0.29) is 22.8 Å². The molecule has 0 aliphatic carbocycles. The van der Waals surface area contributed by atoms with Gasteiger partial charge in [0.15, 0.2) is 11.5 Å². The summed E-state index contributed by atoms with van der Waals surface area (Å²) >= 11 is 0. The van der Waals surface area contributed by atoms with E-state index in [2.05, 4.69) is 0 Å². The molecule has 7 heteroatoms. The molecule has 0 amide bonds. The smallest absolute Gasteiger partial charge is 0.359 e. The predicted molar refractivity (Wildman–Crippen MR) is 67.6 cm³/mol. The first-order valence-electron chi connectivity index (χ1n) is 5.60. The van der Waals surface area contributed by atoms with Gasteiger partial charge < -0.3 is 9.84 Å². The second kappa shape index (κ2) is 4.58. The van der Waals surface area contributed by atoms with Gasteiger partial charge in [-0.05, 0) is 19.1 Å². The number of benzene rings is 1. The lowest BCUT2D eigenvalue weighted by atomic mass is 10.1. The van der Waals surface area contributed by atoms with Crippen LogP contribution in [0.1, 0.15) is 12.5 Å². The molecule has 0 atom stereocenters. The topological polar surface area (TPSA) is 83.9 Å². The van der Waals surface area contributed by atoms with Gasteiger partial charge in [0.25, 0.3) is 10.0 Å². The van der Waals surface area contributed by atoms with E-state index < -0.39 is 21.8 Å². The van der Waals surface area contributed by atoms with Crippen LogP contribution in [-0.2, 0) is 19.6 Å². The van der Waals surface area contributed by atoms with Crippen LogP contribution < -0.4 is 0 Å². The van der Waals surface area contributed by atoms with Crippen molar-refractivity contribution in [3.8, 4) is 0 Å². The van der Waals surface area contributed by atoms with Crippen molar-refractivity contribution >= 4 is 21.8 Å². The maximum atomic E-state index is 12.2. The van der Waals surface area contributed by atoms with Crippen LogP contribution >= 0.6 is 0 Å². The van der Waals surface area contributed by atoms with E-state index in [0.29, 0.717) is 0 Å². The van der Waals surface area contributed by atoms with Crippen LogP contribution in [0, 0.1) is 0 Å². The fraction of sp³-hybridized carbons (Fsp3) is 0.250. The highest BCUT2D eigenvalue weighted by atomic mass is 32.2. The number of ether oxygens (including phenoxy) is 1. The predicted octanol–water partition coefficient (Wildman–Crippen LogP) is 1.11. The number of esters is 1. The molecule has 0 radical (unpaired) electrons. The largest absolute Gasteiger partial charge is 0.505 e. The summed E-state index contributed by atoms with van der Waals surface area (Å²) in [4.78, 5) is 11.7. The number of aliphatic hydroxyl groups excluding tert-OH is 1. The van der Waals surface area contributed by atoms with Gasteiger partial charge >= 0.3 is 5.97 Å². The van der Waals surface area contributed by atoms with Gasteiger partial charge in [0, 0.05) is 12.6 Å². The Hall–Kier alpha value is -2.02. The van der Waals surface area contributed by atoms with Crippen LogP contribution in [0.2, 0.25) is 0 Å². The lowest BCUT2D eigenvalue weighted by Gasteiger charge is -2.27. The standard InChI is InChI=1S/C12H13NO5S/c1-3-18-12(15)10-11(14)8-6-4-5-7-9(8)19(16,17)13(10)2/h4-7,14H,3H2,1-2H3. The zero-order chi connectivity index (χ0) is 14.2. The van der Waals surface area contributed by atoms with E-state index >= 15 is 0 Å². The molecule has 0 unspecified atom stereocenters. The van der Waals surface area contributed by atoms with Crippen molar-refractivity contribution in [1.29, 1.82) is 0 Å². The molecule has 1 heterocycles. The minimum atomic E-state index is -3.85. The van der Waals surface area contributed by atoms with Crippen LogP contribution in [0.5, 0.6) is 0 Å². The quantitative estimate of drug-likeness (QED) is 0.822. The molecule has 0 spiro atoms. The fourth-order valence-corrected chi connectivity index (χ4v) is 3.25. The van der Waals surface area contributed by atoms with E-state index in [4.69, 9.17) is 4.74 Å². The minimum absolute atomic E-state index is 0.0388. The van der Waals surface area contributed by atoms with Crippen LogP contribution in [0.3, 0.4) is 0 Å². The number of carbonyl (C=O) groups excluding carboxylic acids is 1. The molecule has 1 aromatic rings. The van der Waals surface area contributed by atoms with Crippen LogP contribution in [-0.4, -0.2) is 37.5 Å². The number of fused-ring (bicyclic) bond motifs is 1. The molecular formula is C12H13NO5S. The summed E-state index contributed by atoms with van der Waals surface area (Å²) in [6, 6.07) is 5.94. The molecule has 19 heavy (non-hydrogen) atoms. The number of aliphatic hydroxyl groups is 1. The molecule has 0 fully saturated rings. The van der Waals surface area contributed by atoms with Crippen molar-refractivity contribution in [2.24, 2.45) is 0 Å². The van der Waals surface area contributed by atoms with Crippen molar-refractivity contribution in [2.75, 3.05) is 13.7 Å². The highest BCUT2D eigenvalue weighted by Crippen LogP contribution is 2.34. The number of nitrogens with zero attached hydrogens (tertiary/aromatic N) is 1. The number of hydrogen-bond donors (Lipinski definition) is 1. The normalized spacial score (nSPS) is 17.1. The van der Waals surface area contributed by atoms with Crippen LogP contribution in [0.4, 0.5) is 0 Å². The van der Waals surface area contributed by atoms with Gasteiger partial charge in [-0.2, -0.15) is 0 Å². The Morgan fingerprint density at radius 1 is 1.37 bits per heavy atom. The van der Waals surface area contributed by atoms with Crippen molar-refractivity contribution < 1.29 is 23.1 Å². The molecule has 1 aromatic carbocycles. The Morgan fingerprint density at radius 2 is 2.00 bits per heavy atom. The van der Waals surface area contributed by atoms with Crippen molar-refractivity contribution in [2.45, 2.75) is 11.8 Å². The molecule has 0 saturated heterocycles. The maximum Gasteiger partial charge on any atom is 0.359 e. The number of carbonyl (C=O) groups is 1. The second-order valence-corrected chi connectivity index (χ2v) is 5.82. The SMILES string of the molecule is CCOC(=O)C1=C(O)c2ccccc2S(=O)(=O)N1C. The Kier molecular flexibility index (Phi) is 3.23. The van der Waals surface area contributed by atoms with Gasteiger partial charge in [-0.1, -0.05) is 12.1 Å². The molecular weight excluding hydrogens is 270 g/mol. The highest BCUT2D eigenvalue weighted by molar-refractivity contribution is 7.89. The third-order valence-corrected chi connectivity index (χ3v) is 4.60. The summed E-state index contributed by atoms with van der Waals surface area (Å²) in [6.45, 7) is 1.69. The monoisotopic (exact) mass is 283 g/mol. The Balaban J connectivity index is 2.71. The molecule has 0 bridgehead atoms. The molecule has 2 rings (SSSR count). The number of hydrogen-bond acceptors (Lipinski definition) is 5. The van der Waals surface area contributed by atoms with Gasteiger partial charge in [0.05, 0.1) is 11.5 Å². The van der Waals surface area contributed by atoms with Gasteiger partial charge in [-0.25, -0.2) is 13.2 Å². The summed E-state index contributed by atoms with van der Waals surface area (Å²) in [7, 11) is -2.65. The average Bonchev–Trinajstić information content (AvgIpc) is 2.37. The lowest BCUT2D eigenvalue weighted by Crippen LogP contribution is -2.35. The average molecular weight is 283 g/mol. The van der Waals surface area contributed by atoms with Gasteiger partial charge in [-0.15, -0.1) is 0 Å². The first-order chi connectivity index (χ1) is 8.91. The molecule has 6 nitrogen and oxygen atoms in total. The molecule has 1 N–H and O–H groups in total. The number of likely N-dealkylation sites (N-methyl/N-ethyl adjacent to an activating group) is 1. The maximum absolute atomic E-state index is 12.2. The molecule has 1 aliphatic rings. The van der Waals surface area contributed by atoms with Gasteiger partial charge in [0.1, 0.15) is 0 Å². The molecule has 102 valence electrons. The Labute approximate surface area is 111 Å². The summed E-state index contributed by atoms with van der Waals surface area (Å²) in [5.74, 6) is -1.27. The zero-order valence-electron chi connectivity index (χ0n) is 10.5. The lowest BCUT2D eigenvalue weighted by molar-refractivity contribution is -0.139.